The summed E-state index contributed by atoms with van der Waals surface area (Å²) in [5.41, 5.74) is 1.04. The minimum Gasteiger partial charge on any atom is -0.437 e. The first-order valence-electron chi connectivity index (χ1n) is 11.8. The molecule has 12 heteroatoms. The summed E-state index contributed by atoms with van der Waals surface area (Å²) in [4.78, 5) is 32.7. The van der Waals surface area contributed by atoms with Gasteiger partial charge in [-0.25, -0.2) is 9.97 Å². The zero-order valence-corrected chi connectivity index (χ0v) is 24.6. The molecule has 1 aliphatic rings. The van der Waals surface area contributed by atoms with Crippen LogP contribution in [0, 0.1) is 10.1 Å². The van der Waals surface area contributed by atoms with Crippen molar-refractivity contribution in [2.45, 2.75) is 38.0 Å². The van der Waals surface area contributed by atoms with Gasteiger partial charge in [0.05, 0.1) is 31.0 Å². The number of halogens is 3. The van der Waals surface area contributed by atoms with Gasteiger partial charge in [0.25, 0.3) is 11.2 Å². The van der Waals surface area contributed by atoms with E-state index in [-0.39, 0.29) is 23.0 Å². The second kappa shape index (κ2) is 11.4. The highest BCUT2D eigenvalue weighted by atomic mass is 79.9. The number of nitrogens with zero attached hydrogens (tertiary/aromatic N) is 5. The van der Waals surface area contributed by atoms with Gasteiger partial charge in [-0.3, -0.25) is 14.9 Å². The molecule has 0 amide bonds. The van der Waals surface area contributed by atoms with Crippen molar-refractivity contribution in [1.29, 1.82) is 0 Å². The Morgan fingerprint density at radius 3 is 2.45 bits per heavy atom. The molecule has 0 bridgehead atoms. The summed E-state index contributed by atoms with van der Waals surface area (Å²) in [6, 6.07) is 11.9. The van der Waals surface area contributed by atoms with E-state index in [1.54, 1.807) is 24.4 Å². The first-order valence-corrected chi connectivity index (χ1v) is 14.2. The molecule has 1 saturated carbocycles. The maximum absolute atomic E-state index is 13.5. The minimum atomic E-state index is -0.522. The van der Waals surface area contributed by atoms with Crippen molar-refractivity contribution in [2.75, 3.05) is 0 Å². The highest BCUT2D eigenvalue weighted by Crippen LogP contribution is 2.37. The summed E-state index contributed by atoms with van der Waals surface area (Å²) < 4.78 is 9.27. The Morgan fingerprint density at radius 2 is 1.79 bits per heavy atom. The maximum atomic E-state index is 13.5. The quantitative estimate of drug-likeness (QED) is 0.115. The number of ether oxygens (including phenoxy) is 1. The van der Waals surface area contributed by atoms with Gasteiger partial charge >= 0.3 is 0 Å². The number of aromatic nitrogens is 3. The Morgan fingerprint density at radius 1 is 1.05 bits per heavy atom. The van der Waals surface area contributed by atoms with Gasteiger partial charge in [0, 0.05) is 22.5 Å². The Labute approximate surface area is 242 Å². The molecule has 2 aromatic carbocycles. The monoisotopic (exact) mass is 703 g/mol. The van der Waals surface area contributed by atoms with Crippen molar-refractivity contribution in [2.24, 2.45) is 5.10 Å². The van der Waals surface area contributed by atoms with E-state index in [4.69, 9.17) is 9.72 Å². The number of hydrogen-bond acceptors (Lipinski definition) is 7. The van der Waals surface area contributed by atoms with Crippen molar-refractivity contribution in [3.63, 3.8) is 0 Å². The standard InChI is InChI=1S/C26H20Br3N5O4/c27-17-6-8-22-19(12-17)26(35)33(25(32-22)16-4-2-1-3-5-16)31-13-15-10-20(28)24(21(29)11-15)38-23-9-7-18(14-30-23)34(36)37/h6-14,16H,1-5H2. The third-order valence-corrected chi connectivity index (χ3v) is 7.96. The summed E-state index contributed by atoms with van der Waals surface area (Å²) in [5.74, 6) is 1.50. The average Bonchev–Trinajstić information content (AvgIpc) is 2.91. The van der Waals surface area contributed by atoms with Crippen LogP contribution in [0.3, 0.4) is 0 Å². The van der Waals surface area contributed by atoms with Crippen LogP contribution in [0.15, 0.2) is 72.0 Å². The molecule has 0 aliphatic heterocycles. The lowest BCUT2D eigenvalue weighted by molar-refractivity contribution is -0.385. The zero-order chi connectivity index (χ0) is 26.8. The second-order valence-corrected chi connectivity index (χ2v) is 11.5. The van der Waals surface area contributed by atoms with Gasteiger partial charge in [0.15, 0.2) is 5.75 Å². The Hall–Kier alpha value is -2.96. The highest BCUT2D eigenvalue weighted by Gasteiger charge is 2.22. The lowest BCUT2D eigenvalue weighted by Crippen LogP contribution is -2.25. The Kier molecular flexibility index (Phi) is 8.01. The maximum Gasteiger partial charge on any atom is 0.287 e. The van der Waals surface area contributed by atoms with Crippen LogP contribution in [0.2, 0.25) is 0 Å². The molecule has 0 radical (unpaired) electrons. The Bertz CT molecular complexity index is 1590. The van der Waals surface area contributed by atoms with Gasteiger partial charge in [-0.2, -0.15) is 9.78 Å². The summed E-state index contributed by atoms with van der Waals surface area (Å²) >= 11 is 10.5. The molecule has 1 aliphatic carbocycles. The summed E-state index contributed by atoms with van der Waals surface area (Å²) in [7, 11) is 0. The first kappa shape index (κ1) is 26.6. The van der Waals surface area contributed by atoms with E-state index in [0.29, 0.717) is 37.0 Å². The number of pyridine rings is 1. The smallest absolute Gasteiger partial charge is 0.287 e. The molecule has 9 nitrogen and oxygen atoms in total. The van der Waals surface area contributed by atoms with Crippen LogP contribution < -0.4 is 10.3 Å². The normalized spacial score (nSPS) is 14.3. The molecule has 0 unspecified atom stereocenters. The summed E-state index contributed by atoms with van der Waals surface area (Å²) in [6.45, 7) is 0. The third kappa shape index (κ3) is 5.71. The fourth-order valence-corrected chi connectivity index (χ4v) is 6.17. The van der Waals surface area contributed by atoms with Crippen LogP contribution in [0.25, 0.3) is 10.9 Å². The number of hydrogen-bond donors (Lipinski definition) is 0. The highest BCUT2D eigenvalue weighted by molar-refractivity contribution is 9.11. The van der Waals surface area contributed by atoms with Crippen LogP contribution in [-0.4, -0.2) is 25.8 Å². The molecule has 5 rings (SSSR count). The van der Waals surface area contributed by atoms with Crippen LogP contribution in [0.5, 0.6) is 11.6 Å². The topological polar surface area (TPSA) is 113 Å². The number of fused-ring (bicyclic) bond motifs is 1. The fraction of sp³-hybridized carbons (Fsp3) is 0.231. The van der Waals surface area contributed by atoms with Gasteiger partial charge in [-0.05, 0) is 80.6 Å². The summed E-state index contributed by atoms with van der Waals surface area (Å²) in [5, 5.41) is 16.0. The van der Waals surface area contributed by atoms with Crippen molar-refractivity contribution in [3.8, 4) is 11.6 Å². The van der Waals surface area contributed by atoms with Crippen molar-refractivity contribution in [1.82, 2.24) is 14.6 Å². The molecule has 2 heterocycles. The molecular formula is C26H20Br3N5O4. The third-order valence-electron chi connectivity index (χ3n) is 6.28. The minimum absolute atomic E-state index is 0.125. The van der Waals surface area contributed by atoms with E-state index in [1.807, 2.05) is 12.1 Å². The van der Waals surface area contributed by atoms with Gasteiger partial charge < -0.3 is 4.74 Å². The van der Waals surface area contributed by atoms with Crippen molar-refractivity contribution in [3.05, 3.63) is 93.9 Å². The summed E-state index contributed by atoms with van der Waals surface area (Å²) in [6.07, 6.45) is 8.10. The molecule has 194 valence electrons. The van der Waals surface area contributed by atoms with Crippen LogP contribution >= 0.6 is 47.8 Å². The SMILES string of the molecule is O=c1c2cc(Br)ccc2nc(C2CCCCC2)n1N=Cc1cc(Br)c(Oc2ccc([N+](=O)[O-])cn2)c(Br)c1. The van der Waals surface area contributed by atoms with E-state index in [9.17, 15) is 14.9 Å². The Balaban J connectivity index is 1.49. The zero-order valence-electron chi connectivity index (χ0n) is 19.8. The largest absolute Gasteiger partial charge is 0.437 e. The van der Waals surface area contributed by atoms with E-state index in [1.165, 1.54) is 23.2 Å². The van der Waals surface area contributed by atoms with E-state index < -0.39 is 4.92 Å². The molecule has 1 fully saturated rings. The second-order valence-electron chi connectivity index (χ2n) is 8.86. The fourth-order valence-electron chi connectivity index (χ4n) is 4.42. The molecule has 0 saturated heterocycles. The number of nitro groups is 1. The molecule has 0 N–H and O–H groups in total. The van der Waals surface area contributed by atoms with Gasteiger partial charge in [-0.15, -0.1) is 0 Å². The van der Waals surface area contributed by atoms with Gasteiger partial charge in [-0.1, -0.05) is 35.2 Å². The predicted molar refractivity (Wildman–Crippen MR) is 155 cm³/mol. The first-order chi connectivity index (χ1) is 18.3. The van der Waals surface area contributed by atoms with E-state index in [2.05, 4.69) is 57.9 Å². The van der Waals surface area contributed by atoms with Crippen molar-refractivity contribution >= 4 is 70.6 Å². The lowest BCUT2D eigenvalue weighted by Gasteiger charge is -2.22. The molecule has 2 aromatic heterocycles. The number of rotatable bonds is 6. The molecule has 0 spiro atoms. The van der Waals surface area contributed by atoms with E-state index >= 15 is 0 Å². The van der Waals surface area contributed by atoms with Crippen molar-refractivity contribution < 1.29 is 9.66 Å². The molecular weight excluding hydrogens is 686 g/mol. The molecule has 38 heavy (non-hydrogen) atoms. The van der Waals surface area contributed by atoms with E-state index in [0.717, 1.165) is 36.4 Å². The van der Waals surface area contributed by atoms with Gasteiger partial charge in [0.2, 0.25) is 5.88 Å². The lowest BCUT2D eigenvalue weighted by atomic mass is 9.88. The molecule has 0 atom stereocenters. The van der Waals surface area contributed by atoms with Crippen LogP contribution in [-0.2, 0) is 0 Å². The predicted octanol–water partition coefficient (Wildman–Crippen LogP) is 7.71. The average molecular weight is 706 g/mol. The van der Waals surface area contributed by atoms with Crippen LogP contribution in [0.4, 0.5) is 5.69 Å². The van der Waals surface area contributed by atoms with Crippen LogP contribution in [0.1, 0.15) is 49.4 Å². The molecule has 4 aromatic rings. The van der Waals surface area contributed by atoms with Gasteiger partial charge in [0.1, 0.15) is 12.0 Å². The number of benzene rings is 2.